The molecule has 0 bridgehead atoms. The minimum absolute atomic E-state index is 0.0270. The molecule has 1 aliphatic carbocycles. The molecule has 3 amide bonds. The Morgan fingerprint density at radius 3 is 2.40 bits per heavy atom. The molecule has 1 saturated heterocycles. The van der Waals surface area contributed by atoms with Crippen LogP contribution in [0.15, 0.2) is 0 Å². The highest BCUT2D eigenvalue weighted by Gasteiger charge is 2.37. The highest BCUT2D eigenvalue weighted by molar-refractivity contribution is 6.03. The van der Waals surface area contributed by atoms with Gasteiger partial charge in [0.15, 0.2) is 0 Å². The first kappa shape index (κ1) is 15.0. The Hall–Kier alpha value is -1.39. The summed E-state index contributed by atoms with van der Waals surface area (Å²) < 4.78 is 0. The molecule has 1 heterocycles. The molecule has 0 radical (unpaired) electrons. The largest absolute Gasteiger partial charge is 0.356 e. The minimum Gasteiger partial charge on any atom is -0.356 e. The van der Waals surface area contributed by atoms with Crippen LogP contribution in [0.2, 0.25) is 0 Å². The van der Waals surface area contributed by atoms with Crippen LogP contribution in [0.5, 0.6) is 0 Å². The second-order valence-corrected chi connectivity index (χ2v) is 6.06. The van der Waals surface area contributed by atoms with Crippen molar-refractivity contribution in [2.24, 2.45) is 17.8 Å². The van der Waals surface area contributed by atoms with E-state index in [1.54, 1.807) is 0 Å². The maximum absolute atomic E-state index is 11.9. The van der Waals surface area contributed by atoms with Crippen LogP contribution in [0.4, 0.5) is 0 Å². The van der Waals surface area contributed by atoms with Gasteiger partial charge in [0.2, 0.25) is 17.7 Å². The number of imide groups is 1. The third-order valence-corrected chi connectivity index (χ3v) is 4.48. The van der Waals surface area contributed by atoms with E-state index >= 15 is 0 Å². The molecule has 20 heavy (non-hydrogen) atoms. The molecule has 1 unspecified atom stereocenters. The number of carbonyl (C=O) groups excluding carboxylic acids is 3. The predicted molar refractivity (Wildman–Crippen MR) is 74.6 cm³/mol. The van der Waals surface area contributed by atoms with E-state index < -0.39 is 0 Å². The molecule has 0 spiro atoms. The van der Waals surface area contributed by atoms with Crippen molar-refractivity contribution in [1.29, 1.82) is 0 Å². The molecule has 1 N–H and O–H groups in total. The molecule has 5 heteroatoms. The lowest BCUT2D eigenvalue weighted by atomic mass is 9.81. The molecule has 112 valence electrons. The smallest absolute Gasteiger partial charge is 0.232 e. The topological polar surface area (TPSA) is 66.5 Å². The molecule has 0 aromatic heterocycles. The summed E-state index contributed by atoms with van der Waals surface area (Å²) in [5.74, 6) is 0.394. The van der Waals surface area contributed by atoms with Gasteiger partial charge in [0, 0.05) is 31.3 Å². The quantitative estimate of drug-likeness (QED) is 0.790. The number of hydrogen-bond donors (Lipinski definition) is 1. The van der Waals surface area contributed by atoms with Crippen molar-refractivity contribution in [2.75, 3.05) is 13.1 Å². The van der Waals surface area contributed by atoms with Crippen molar-refractivity contribution in [1.82, 2.24) is 10.2 Å². The summed E-state index contributed by atoms with van der Waals surface area (Å²) in [7, 11) is 0. The molecule has 2 rings (SSSR count). The van der Waals surface area contributed by atoms with Gasteiger partial charge in [-0.25, -0.2) is 0 Å². The van der Waals surface area contributed by atoms with Gasteiger partial charge in [-0.15, -0.1) is 0 Å². The average molecular weight is 280 g/mol. The van der Waals surface area contributed by atoms with Gasteiger partial charge < -0.3 is 5.32 Å². The van der Waals surface area contributed by atoms with Gasteiger partial charge in [0.05, 0.1) is 0 Å². The first-order valence-electron chi connectivity index (χ1n) is 7.64. The van der Waals surface area contributed by atoms with Gasteiger partial charge in [0.25, 0.3) is 0 Å². The Bertz CT molecular complexity index is 400. The summed E-state index contributed by atoms with van der Waals surface area (Å²) in [4.78, 5) is 36.9. The monoisotopic (exact) mass is 280 g/mol. The molecule has 1 saturated carbocycles. The van der Waals surface area contributed by atoms with E-state index in [-0.39, 0.29) is 29.6 Å². The van der Waals surface area contributed by atoms with Crippen LogP contribution in [0.25, 0.3) is 0 Å². The maximum Gasteiger partial charge on any atom is 0.232 e. The fraction of sp³-hybridized carbons (Fsp3) is 0.800. The van der Waals surface area contributed by atoms with Crippen LogP contribution in [0, 0.1) is 17.8 Å². The number of nitrogens with one attached hydrogen (secondary N) is 1. The number of likely N-dealkylation sites (tertiary alicyclic amines) is 1. The number of hydrogen-bond acceptors (Lipinski definition) is 3. The first-order valence-corrected chi connectivity index (χ1v) is 7.64. The van der Waals surface area contributed by atoms with Crippen molar-refractivity contribution in [3.63, 3.8) is 0 Å². The summed E-state index contributed by atoms with van der Waals surface area (Å²) in [5, 5.41) is 2.87. The normalized spacial score (nSPS) is 30.7. The van der Waals surface area contributed by atoms with Gasteiger partial charge in [-0.2, -0.15) is 0 Å². The van der Waals surface area contributed by atoms with Crippen LogP contribution in [0.1, 0.15) is 46.0 Å². The molecule has 1 aliphatic heterocycles. The second kappa shape index (κ2) is 6.37. The first-order chi connectivity index (χ1) is 9.52. The fourth-order valence-corrected chi connectivity index (χ4v) is 3.22. The zero-order valence-corrected chi connectivity index (χ0v) is 12.4. The maximum atomic E-state index is 11.9. The van der Waals surface area contributed by atoms with E-state index in [1.807, 2.05) is 13.8 Å². The molecule has 2 aliphatic rings. The van der Waals surface area contributed by atoms with Crippen LogP contribution in [-0.4, -0.2) is 35.7 Å². The Labute approximate surface area is 120 Å². The van der Waals surface area contributed by atoms with Crippen LogP contribution in [0.3, 0.4) is 0 Å². The lowest BCUT2D eigenvalue weighted by Crippen LogP contribution is -2.38. The zero-order chi connectivity index (χ0) is 14.7. The third kappa shape index (κ3) is 3.19. The van der Waals surface area contributed by atoms with E-state index in [1.165, 1.54) is 4.90 Å². The molecule has 0 aromatic carbocycles. The lowest BCUT2D eigenvalue weighted by molar-refractivity contribution is -0.140. The van der Waals surface area contributed by atoms with Gasteiger partial charge in [0.1, 0.15) is 0 Å². The molecule has 0 aromatic rings. The fourth-order valence-electron chi connectivity index (χ4n) is 3.22. The van der Waals surface area contributed by atoms with Gasteiger partial charge in [-0.1, -0.05) is 6.92 Å². The Balaban J connectivity index is 1.81. The number of rotatable bonds is 4. The van der Waals surface area contributed by atoms with E-state index in [9.17, 15) is 14.4 Å². The van der Waals surface area contributed by atoms with Crippen LogP contribution in [-0.2, 0) is 14.4 Å². The summed E-state index contributed by atoms with van der Waals surface area (Å²) in [5.41, 5.74) is 0. The van der Waals surface area contributed by atoms with Crippen molar-refractivity contribution < 1.29 is 14.4 Å². The zero-order valence-electron chi connectivity index (χ0n) is 12.4. The Kier molecular flexibility index (Phi) is 4.78. The lowest BCUT2D eigenvalue weighted by Gasteiger charge is -2.30. The Morgan fingerprint density at radius 2 is 1.90 bits per heavy atom. The molecular weight excluding hydrogens is 256 g/mol. The van der Waals surface area contributed by atoms with Gasteiger partial charge in [-0.05, 0) is 38.5 Å². The third-order valence-electron chi connectivity index (χ3n) is 4.48. The van der Waals surface area contributed by atoms with Crippen molar-refractivity contribution in [2.45, 2.75) is 46.0 Å². The van der Waals surface area contributed by atoms with Crippen molar-refractivity contribution in [3.05, 3.63) is 0 Å². The molecular formula is C15H24N2O3. The average Bonchev–Trinajstić information content (AvgIpc) is 2.66. The summed E-state index contributed by atoms with van der Waals surface area (Å²) >= 11 is 0. The predicted octanol–water partition coefficient (Wildman–Crippen LogP) is 1.32. The number of amides is 3. The second-order valence-electron chi connectivity index (χ2n) is 6.06. The van der Waals surface area contributed by atoms with E-state index in [4.69, 9.17) is 0 Å². The van der Waals surface area contributed by atoms with Crippen LogP contribution < -0.4 is 5.32 Å². The SMILES string of the molecule is CCNC(=O)C1CCC(CN2C(=O)CC(C)C2=O)CC1. The van der Waals surface area contributed by atoms with E-state index in [2.05, 4.69) is 5.32 Å². The minimum atomic E-state index is -0.158. The van der Waals surface area contributed by atoms with E-state index in [0.717, 1.165) is 25.7 Å². The summed E-state index contributed by atoms with van der Waals surface area (Å²) in [6.07, 6.45) is 3.93. The summed E-state index contributed by atoms with van der Waals surface area (Å²) in [6, 6.07) is 0. The van der Waals surface area contributed by atoms with Gasteiger partial charge >= 0.3 is 0 Å². The molecule has 1 atom stereocenters. The highest BCUT2D eigenvalue weighted by Crippen LogP contribution is 2.31. The number of carbonyl (C=O) groups is 3. The highest BCUT2D eigenvalue weighted by atomic mass is 16.2. The van der Waals surface area contributed by atoms with E-state index in [0.29, 0.717) is 25.4 Å². The molecule has 2 fully saturated rings. The molecule has 5 nitrogen and oxygen atoms in total. The standard InChI is InChI=1S/C15H24N2O3/c1-3-16-14(19)12-6-4-11(5-7-12)9-17-13(18)8-10(2)15(17)20/h10-12H,3-9H2,1-2H3,(H,16,19). The summed E-state index contributed by atoms with van der Waals surface area (Å²) in [6.45, 7) is 4.96. The van der Waals surface area contributed by atoms with Crippen molar-refractivity contribution in [3.8, 4) is 0 Å². The van der Waals surface area contributed by atoms with Crippen molar-refractivity contribution >= 4 is 17.7 Å². The Morgan fingerprint density at radius 1 is 1.25 bits per heavy atom. The van der Waals surface area contributed by atoms with Crippen LogP contribution >= 0.6 is 0 Å². The number of nitrogens with zero attached hydrogens (tertiary/aromatic N) is 1. The van der Waals surface area contributed by atoms with Gasteiger partial charge in [-0.3, -0.25) is 19.3 Å².